The Morgan fingerprint density at radius 1 is 1.24 bits per heavy atom. The van der Waals surface area contributed by atoms with Gasteiger partial charge in [0.15, 0.2) is 0 Å². The first-order chi connectivity index (χ1) is 10.2. The number of carbonyl (C=O) groups is 1. The lowest BCUT2D eigenvalue weighted by molar-refractivity contribution is -0.122. The van der Waals surface area contributed by atoms with Crippen molar-refractivity contribution in [3.63, 3.8) is 0 Å². The van der Waals surface area contributed by atoms with E-state index in [9.17, 15) is 9.18 Å². The monoisotopic (exact) mass is 291 g/mol. The predicted molar refractivity (Wildman–Crippen MR) is 79.4 cm³/mol. The van der Waals surface area contributed by atoms with Gasteiger partial charge in [-0.2, -0.15) is 0 Å². The van der Waals surface area contributed by atoms with Crippen LogP contribution in [-0.2, 0) is 11.2 Å². The van der Waals surface area contributed by atoms with Gasteiger partial charge in [0.05, 0.1) is 6.54 Å². The van der Waals surface area contributed by atoms with Crippen LogP contribution in [0.5, 0.6) is 0 Å². The number of carbonyl (C=O) groups excluding carboxylic acids is 1. The van der Waals surface area contributed by atoms with E-state index in [1.807, 2.05) is 0 Å². The Balaban J connectivity index is 1.36. The number of benzene rings is 1. The fourth-order valence-electron chi connectivity index (χ4n) is 3.34. The molecule has 1 amide bonds. The maximum Gasteiger partial charge on any atom is 0.234 e. The SMILES string of the molecule is O=C(CN1C[C@H]2CNC[C@H]2C1)NCCc1ccc(F)cc1. The molecule has 5 heteroatoms. The van der Waals surface area contributed by atoms with Crippen LogP contribution in [0.25, 0.3) is 0 Å². The van der Waals surface area contributed by atoms with Crippen LogP contribution in [0.3, 0.4) is 0 Å². The van der Waals surface area contributed by atoms with Gasteiger partial charge in [-0.05, 0) is 49.0 Å². The summed E-state index contributed by atoms with van der Waals surface area (Å²) < 4.78 is 12.8. The standard InChI is InChI=1S/C16H22FN3O/c17-15-3-1-12(2-4-15)5-6-19-16(21)11-20-9-13-7-18-8-14(13)10-20/h1-4,13-14,18H,5-11H2,(H,19,21)/t13-,14+. The molecule has 2 heterocycles. The molecule has 21 heavy (non-hydrogen) atoms. The van der Waals surface area contributed by atoms with E-state index in [4.69, 9.17) is 0 Å². The Morgan fingerprint density at radius 2 is 1.90 bits per heavy atom. The van der Waals surface area contributed by atoms with Gasteiger partial charge < -0.3 is 10.6 Å². The van der Waals surface area contributed by atoms with E-state index in [1.54, 1.807) is 12.1 Å². The fourth-order valence-corrected chi connectivity index (χ4v) is 3.34. The molecule has 3 rings (SSSR count). The number of amides is 1. The van der Waals surface area contributed by atoms with Crippen molar-refractivity contribution >= 4 is 5.91 Å². The number of likely N-dealkylation sites (tertiary alicyclic amines) is 1. The van der Waals surface area contributed by atoms with Gasteiger partial charge in [0, 0.05) is 19.6 Å². The molecule has 2 N–H and O–H groups in total. The van der Waals surface area contributed by atoms with Gasteiger partial charge in [-0.15, -0.1) is 0 Å². The molecule has 0 radical (unpaired) electrons. The second-order valence-electron chi connectivity index (χ2n) is 6.10. The van der Waals surface area contributed by atoms with Gasteiger partial charge in [-0.25, -0.2) is 4.39 Å². The van der Waals surface area contributed by atoms with Crippen molar-refractivity contribution in [1.82, 2.24) is 15.5 Å². The summed E-state index contributed by atoms with van der Waals surface area (Å²) in [6, 6.07) is 6.43. The summed E-state index contributed by atoms with van der Waals surface area (Å²) in [6.07, 6.45) is 0.737. The molecule has 0 aromatic heterocycles. The zero-order valence-electron chi connectivity index (χ0n) is 12.1. The molecule has 114 valence electrons. The van der Waals surface area contributed by atoms with E-state index in [0.717, 1.165) is 50.0 Å². The molecule has 0 bridgehead atoms. The third-order valence-corrected chi connectivity index (χ3v) is 4.48. The highest BCUT2D eigenvalue weighted by atomic mass is 19.1. The summed E-state index contributed by atoms with van der Waals surface area (Å²) in [5.41, 5.74) is 1.04. The van der Waals surface area contributed by atoms with Crippen LogP contribution in [0, 0.1) is 17.7 Å². The van der Waals surface area contributed by atoms with Crippen molar-refractivity contribution in [3.05, 3.63) is 35.6 Å². The molecule has 0 spiro atoms. The van der Waals surface area contributed by atoms with E-state index in [2.05, 4.69) is 15.5 Å². The molecule has 2 aliphatic heterocycles. The number of halogens is 1. The van der Waals surface area contributed by atoms with Crippen LogP contribution in [-0.4, -0.2) is 50.1 Å². The van der Waals surface area contributed by atoms with Crippen molar-refractivity contribution in [2.75, 3.05) is 39.3 Å². The number of rotatable bonds is 5. The van der Waals surface area contributed by atoms with Crippen molar-refractivity contribution < 1.29 is 9.18 Å². The highest BCUT2D eigenvalue weighted by molar-refractivity contribution is 5.78. The quantitative estimate of drug-likeness (QED) is 0.836. The molecule has 2 atom stereocenters. The van der Waals surface area contributed by atoms with Crippen LogP contribution in [0.1, 0.15) is 5.56 Å². The zero-order valence-corrected chi connectivity index (χ0v) is 12.1. The minimum atomic E-state index is -0.225. The number of fused-ring (bicyclic) bond motifs is 1. The van der Waals surface area contributed by atoms with E-state index < -0.39 is 0 Å². The van der Waals surface area contributed by atoms with E-state index >= 15 is 0 Å². The first-order valence-electron chi connectivity index (χ1n) is 7.65. The van der Waals surface area contributed by atoms with Crippen molar-refractivity contribution in [1.29, 1.82) is 0 Å². The number of nitrogens with one attached hydrogen (secondary N) is 2. The summed E-state index contributed by atoms with van der Waals surface area (Å²) in [5.74, 6) is 1.30. The normalized spacial score (nSPS) is 25.0. The number of nitrogens with zero attached hydrogens (tertiary/aromatic N) is 1. The highest BCUT2D eigenvalue weighted by Crippen LogP contribution is 2.25. The van der Waals surface area contributed by atoms with Crippen LogP contribution >= 0.6 is 0 Å². The Kier molecular flexibility index (Phi) is 4.51. The molecule has 2 saturated heterocycles. The summed E-state index contributed by atoms with van der Waals surface area (Å²) >= 11 is 0. The second-order valence-corrected chi connectivity index (χ2v) is 6.10. The van der Waals surface area contributed by atoms with E-state index in [0.29, 0.717) is 13.1 Å². The predicted octanol–water partition coefficient (Wildman–Crippen LogP) is 0.636. The Morgan fingerprint density at radius 3 is 2.57 bits per heavy atom. The summed E-state index contributed by atoms with van der Waals surface area (Å²) in [4.78, 5) is 14.2. The van der Waals surface area contributed by atoms with Crippen LogP contribution in [0.15, 0.2) is 24.3 Å². The van der Waals surface area contributed by atoms with Crippen LogP contribution < -0.4 is 10.6 Å². The first-order valence-corrected chi connectivity index (χ1v) is 7.65. The number of hydrogen-bond donors (Lipinski definition) is 2. The molecule has 0 aliphatic carbocycles. The van der Waals surface area contributed by atoms with Gasteiger partial charge in [-0.1, -0.05) is 12.1 Å². The Bertz CT molecular complexity index is 479. The molecule has 0 saturated carbocycles. The average Bonchev–Trinajstić information content (AvgIpc) is 3.02. The lowest BCUT2D eigenvalue weighted by atomic mass is 10.0. The maximum atomic E-state index is 12.8. The molecule has 1 aromatic rings. The highest BCUT2D eigenvalue weighted by Gasteiger charge is 2.36. The molecular formula is C16H22FN3O. The van der Waals surface area contributed by atoms with Gasteiger partial charge in [0.1, 0.15) is 5.82 Å². The average molecular weight is 291 g/mol. The van der Waals surface area contributed by atoms with Crippen LogP contribution in [0.2, 0.25) is 0 Å². The van der Waals surface area contributed by atoms with Crippen molar-refractivity contribution in [2.45, 2.75) is 6.42 Å². The smallest absolute Gasteiger partial charge is 0.234 e. The third kappa shape index (κ3) is 3.80. The molecule has 1 aromatic carbocycles. The second kappa shape index (κ2) is 6.54. The summed E-state index contributed by atoms with van der Waals surface area (Å²) in [7, 11) is 0. The zero-order chi connectivity index (χ0) is 14.7. The van der Waals surface area contributed by atoms with Gasteiger partial charge >= 0.3 is 0 Å². The van der Waals surface area contributed by atoms with Gasteiger partial charge in [-0.3, -0.25) is 9.69 Å². The minimum Gasteiger partial charge on any atom is -0.355 e. The number of hydrogen-bond acceptors (Lipinski definition) is 3. The van der Waals surface area contributed by atoms with Crippen molar-refractivity contribution in [3.8, 4) is 0 Å². The topological polar surface area (TPSA) is 44.4 Å². The maximum absolute atomic E-state index is 12.8. The molecule has 0 unspecified atom stereocenters. The van der Waals surface area contributed by atoms with E-state index in [-0.39, 0.29) is 11.7 Å². The largest absolute Gasteiger partial charge is 0.355 e. The molecular weight excluding hydrogens is 269 g/mol. The van der Waals surface area contributed by atoms with E-state index in [1.165, 1.54) is 12.1 Å². The first kappa shape index (κ1) is 14.5. The fraction of sp³-hybridized carbons (Fsp3) is 0.562. The Labute approximate surface area is 124 Å². The minimum absolute atomic E-state index is 0.0880. The lowest BCUT2D eigenvalue weighted by Crippen LogP contribution is -2.38. The Hall–Kier alpha value is -1.46. The molecule has 4 nitrogen and oxygen atoms in total. The molecule has 2 fully saturated rings. The van der Waals surface area contributed by atoms with Crippen LogP contribution in [0.4, 0.5) is 4.39 Å². The lowest BCUT2D eigenvalue weighted by Gasteiger charge is -2.16. The summed E-state index contributed by atoms with van der Waals surface area (Å²) in [5, 5.41) is 6.35. The van der Waals surface area contributed by atoms with Crippen molar-refractivity contribution in [2.24, 2.45) is 11.8 Å². The molecule has 2 aliphatic rings. The van der Waals surface area contributed by atoms with Gasteiger partial charge in [0.25, 0.3) is 0 Å². The van der Waals surface area contributed by atoms with Gasteiger partial charge in [0.2, 0.25) is 5.91 Å². The summed E-state index contributed by atoms with van der Waals surface area (Å²) in [6.45, 7) is 5.34. The third-order valence-electron chi connectivity index (χ3n) is 4.48.